The average molecular weight is 643 g/mol. The topological polar surface area (TPSA) is 57.5 Å². The summed E-state index contributed by atoms with van der Waals surface area (Å²) < 4.78 is 2.88. The van der Waals surface area contributed by atoms with Gasteiger partial charge in [0.2, 0.25) is 0 Å². The van der Waals surface area contributed by atoms with Crippen molar-refractivity contribution >= 4 is 55.3 Å². The van der Waals surface area contributed by atoms with Crippen molar-refractivity contribution in [2.45, 2.75) is 56.0 Å². The second-order valence-corrected chi connectivity index (χ2v) is 13.2. The monoisotopic (exact) mass is 641 g/mol. The SMILES string of the molecule is CC(C)N1CCC(NC(=O)c2c(CSc3ccccc3)n(Cc3cccc4ccccc34)c3cc(Br)c(O)cc23)CC1. The van der Waals surface area contributed by atoms with Crippen LogP contribution in [0.25, 0.3) is 21.7 Å². The van der Waals surface area contributed by atoms with Gasteiger partial charge in [0.25, 0.3) is 5.91 Å². The predicted octanol–water partition coefficient (Wildman–Crippen LogP) is 8.21. The molecule has 7 heteroatoms. The maximum atomic E-state index is 14.2. The van der Waals surface area contributed by atoms with E-state index in [2.05, 4.69) is 99.2 Å². The van der Waals surface area contributed by atoms with Gasteiger partial charge in [0.05, 0.1) is 15.6 Å². The van der Waals surface area contributed by atoms with E-state index in [0.29, 0.717) is 28.4 Å². The number of hydrogen-bond acceptors (Lipinski definition) is 4. The molecule has 1 aromatic heterocycles. The van der Waals surface area contributed by atoms with E-state index >= 15 is 0 Å². The van der Waals surface area contributed by atoms with E-state index in [1.54, 1.807) is 17.8 Å². The van der Waals surface area contributed by atoms with Gasteiger partial charge >= 0.3 is 0 Å². The minimum Gasteiger partial charge on any atom is -0.507 e. The largest absolute Gasteiger partial charge is 0.507 e. The maximum absolute atomic E-state index is 14.2. The smallest absolute Gasteiger partial charge is 0.253 e. The molecule has 2 N–H and O–H groups in total. The molecule has 4 aromatic carbocycles. The number of amides is 1. The van der Waals surface area contributed by atoms with Crippen molar-refractivity contribution in [2.75, 3.05) is 13.1 Å². The summed E-state index contributed by atoms with van der Waals surface area (Å²) >= 11 is 5.27. The maximum Gasteiger partial charge on any atom is 0.253 e. The molecule has 42 heavy (non-hydrogen) atoms. The highest BCUT2D eigenvalue weighted by Crippen LogP contribution is 2.38. The number of halogens is 1. The van der Waals surface area contributed by atoms with E-state index in [4.69, 9.17) is 0 Å². The summed E-state index contributed by atoms with van der Waals surface area (Å²) in [5, 5.41) is 17.3. The fourth-order valence-electron chi connectivity index (χ4n) is 6.08. The Balaban J connectivity index is 1.44. The average Bonchev–Trinajstić information content (AvgIpc) is 3.28. The Hall–Kier alpha value is -3.26. The Bertz CT molecular complexity index is 1720. The van der Waals surface area contributed by atoms with Crippen LogP contribution in [-0.4, -0.2) is 45.7 Å². The van der Waals surface area contributed by atoms with Crippen LogP contribution in [0.3, 0.4) is 0 Å². The third-order valence-electron chi connectivity index (χ3n) is 8.39. The van der Waals surface area contributed by atoms with Crippen LogP contribution in [0.2, 0.25) is 0 Å². The number of phenols is 1. The number of hydrogen-bond donors (Lipinski definition) is 2. The number of rotatable bonds is 8. The van der Waals surface area contributed by atoms with Crippen molar-refractivity contribution < 1.29 is 9.90 Å². The van der Waals surface area contributed by atoms with Gasteiger partial charge in [-0.25, -0.2) is 0 Å². The zero-order valence-corrected chi connectivity index (χ0v) is 26.4. The van der Waals surface area contributed by atoms with Crippen LogP contribution in [0.5, 0.6) is 5.75 Å². The zero-order chi connectivity index (χ0) is 29.2. The van der Waals surface area contributed by atoms with Crippen LogP contribution in [0, 0.1) is 0 Å². The first-order valence-corrected chi connectivity index (χ1v) is 16.4. The number of nitrogens with one attached hydrogen (secondary N) is 1. The highest BCUT2D eigenvalue weighted by molar-refractivity contribution is 9.10. The minimum atomic E-state index is -0.0648. The van der Waals surface area contributed by atoms with Crippen molar-refractivity contribution in [1.82, 2.24) is 14.8 Å². The third kappa shape index (κ3) is 5.96. The Morgan fingerprint density at radius 3 is 2.45 bits per heavy atom. The second kappa shape index (κ2) is 12.5. The first-order valence-electron chi connectivity index (χ1n) is 14.6. The molecule has 1 aliphatic rings. The fraction of sp³-hybridized carbons (Fsp3) is 0.286. The summed E-state index contributed by atoms with van der Waals surface area (Å²) in [4.78, 5) is 17.8. The molecule has 1 aliphatic heterocycles. The number of piperidine rings is 1. The van der Waals surface area contributed by atoms with Gasteiger partial charge in [-0.1, -0.05) is 60.7 Å². The lowest BCUT2D eigenvalue weighted by atomic mass is 10.0. The summed E-state index contributed by atoms with van der Waals surface area (Å²) in [6.07, 6.45) is 1.87. The molecule has 1 amide bonds. The van der Waals surface area contributed by atoms with Gasteiger partial charge in [-0.05, 0) is 83.2 Å². The Kier molecular flexibility index (Phi) is 8.61. The second-order valence-electron chi connectivity index (χ2n) is 11.3. The number of nitrogens with zero attached hydrogens (tertiary/aromatic N) is 2. The molecule has 2 heterocycles. The molecule has 1 fully saturated rings. The number of thioether (sulfide) groups is 1. The summed E-state index contributed by atoms with van der Waals surface area (Å²) in [6.45, 7) is 7.03. The van der Waals surface area contributed by atoms with Crippen LogP contribution >= 0.6 is 27.7 Å². The van der Waals surface area contributed by atoms with E-state index in [1.807, 2.05) is 24.3 Å². The number of aromatic hydroxyl groups is 1. The van der Waals surface area contributed by atoms with Gasteiger partial charge in [0, 0.05) is 53.4 Å². The van der Waals surface area contributed by atoms with Gasteiger partial charge in [-0.3, -0.25) is 4.79 Å². The van der Waals surface area contributed by atoms with E-state index in [0.717, 1.165) is 47.4 Å². The number of carbonyl (C=O) groups is 1. The van der Waals surface area contributed by atoms with Gasteiger partial charge in [0.1, 0.15) is 5.75 Å². The molecule has 0 radical (unpaired) electrons. The molecule has 1 saturated heterocycles. The van der Waals surface area contributed by atoms with Crippen molar-refractivity contribution in [3.8, 4) is 5.75 Å². The molecule has 0 unspecified atom stereocenters. The molecular formula is C35H36BrN3O2S. The van der Waals surface area contributed by atoms with E-state index in [-0.39, 0.29) is 17.7 Å². The van der Waals surface area contributed by atoms with Crippen LogP contribution in [-0.2, 0) is 12.3 Å². The fourth-order valence-corrected chi connectivity index (χ4v) is 7.37. The number of carbonyl (C=O) groups excluding carboxylic acids is 1. The molecule has 0 bridgehead atoms. The van der Waals surface area contributed by atoms with Crippen molar-refractivity contribution in [3.05, 3.63) is 106 Å². The summed E-state index contributed by atoms with van der Waals surface area (Å²) in [7, 11) is 0. The number of benzene rings is 4. The zero-order valence-electron chi connectivity index (χ0n) is 24.0. The lowest BCUT2D eigenvalue weighted by Crippen LogP contribution is -2.46. The summed E-state index contributed by atoms with van der Waals surface area (Å²) in [5.41, 5.74) is 3.73. The lowest BCUT2D eigenvalue weighted by molar-refractivity contribution is 0.0901. The summed E-state index contributed by atoms with van der Waals surface area (Å²) in [5.74, 6) is 0.688. The lowest BCUT2D eigenvalue weighted by Gasteiger charge is -2.34. The first-order chi connectivity index (χ1) is 20.4. The van der Waals surface area contributed by atoms with Crippen molar-refractivity contribution in [1.29, 1.82) is 0 Å². The van der Waals surface area contributed by atoms with Gasteiger partial charge < -0.3 is 19.9 Å². The van der Waals surface area contributed by atoms with Crippen molar-refractivity contribution in [2.24, 2.45) is 0 Å². The van der Waals surface area contributed by atoms with Crippen LogP contribution in [0.1, 0.15) is 48.3 Å². The predicted molar refractivity (Wildman–Crippen MR) is 178 cm³/mol. The molecule has 0 atom stereocenters. The molecule has 0 spiro atoms. The first kappa shape index (κ1) is 28.8. The number of aromatic nitrogens is 1. The number of fused-ring (bicyclic) bond motifs is 2. The standard InChI is InChI=1S/C35H36BrN3O2S/c1-23(2)38-17-15-26(16-18-38)37-35(41)34-29-19-33(40)30(36)20-31(29)39(32(34)22-42-27-12-4-3-5-13-27)21-25-11-8-10-24-9-6-7-14-28(24)25/h3-14,19-20,23,26,40H,15-18,21-22H2,1-2H3,(H,37,41). The quantitative estimate of drug-likeness (QED) is 0.168. The number of phenolic OH excluding ortho intramolecular Hbond substituents is 1. The van der Waals surface area contributed by atoms with Gasteiger partial charge in [0.15, 0.2) is 0 Å². The molecule has 6 rings (SSSR count). The van der Waals surface area contributed by atoms with Gasteiger partial charge in [-0.2, -0.15) is 0 Å². The highest BCUT2D eigenvalue weighted by Gasteiger charge is 2.28. The van der Waals surface area contributed by atoms with Gasteiger partial charge in [-0.15, -0.1) is 11.8 Å². The molecule has 216 valence electrons. The third-order valence-corrected chi connectivity index (χ3v) is 10.0. The van der Waals surface area contributed by atoms with Crippen LogP contribution < -0.4 is 5.32 Å². The van der Waals surface area contributed by atoms with E-state index < -0.39 is 0 Å². The molecule has 5 nitrogen and oxygen atoms in total. The minimum absolute atomic E-state index is 0.0648. The molecule has 5 aromatic rings. The summed E-state index contributed by atoms with van der Waals surface area (Å²) in [6, 6.07) is 29.5. The number of likely N-dealkylation sites (tertiary alicyclic amines) is 1. The Morgan fingerprint density at radius 2 is 1.69 bits per heavy atom. The van der Waals surface area contributed by atoms with Crippen molar-refractivity contribution in [3.63, 3.8) is 0 Å². The molecule has 0 saturated carbocycles. The molecule has 0 aliphatic carbocycles. The van der Waals surface area contributed by atoms with E-state index in [1.165, 1.54) is 16.3 Å². The van der Waals surface area contributed by atoms with Crippen LogP contribution in [0.15, 0.2) is 94.3 Å². The van der Waals surface area contributed by atoms with Crippen LogP contribution in [0.4, 0.5) is 0 Å². The Labute approximate surface area is 260 Å². The Morgan fingerprint density at radius 1 is 0.976 bits per heavy atom. The normalized spacial score (nSPS) is 14.7. The highest BCUT2D eigenvalue weighted by atomic mass is 79.9. The van der Waals surface area contributed by atoms with E-state index in [9.17, 15) is 9.90 Å². The molecular weight excluding hydrogens is 606 g/mol.